The Morgan fingerprint density at radius 1 is 1.41 bits per heavy atom. The van der Waals surface area contributed by atoms with E-state index in [-0.39, 0.29) is 19.8 Å². The maximum atomic E-state index is 13.0. The van der Waals surface area contributed by atoms with Gasteiger partial charge in [0.25, 0.3) is 16.9 Å². The molecule has 0 unspecified atom stereocenters. The molecule has 1 saturated carbocycles. The minimum absolute atomic E-state index is 0.290. The first-order chi connectivity index (χ1) is 13.0. The molecule has 1 aliphatic heterocycles. The lowest BCUT2D eigenvalue weighted by molar-refractivity contribution is 0.251. The predicted molar refractivity (Wildman–Crippen MR) is 97.5 cm³/mol. The molecule has 140 valence electrons. The molecule has 0 bridgehead atoms. The minimum atomic E-state index is -3.87. The van der Waals surface area contributed by atoms with Crippen LogP contribution in [0.1, 0.15) is 12.8 Å². The van der Waals surface area contributed by atoms with Crippen LogP contribution in [0.5, 0.6) is 0 Å². The molecule has 1 aliphatic carbocycles. The van der Waals surface area contributed by atoms with Gasteiger partial charge in [-0.05, 0) is 18.9 Å². The lowest BCUT2D eigenvalue weighted by atomic mass is 10.2. The third-order valence-corrected chi connectivity index (χ3v) is 7.15. The summed E-state index contributed by atoms with van der Waals surface area (Å²) in [6.45, 7) is 7.63. The van der Waals surface area contributed by atoms with Gasteiger partial charge in [-0.15, -0.1) is 4.31 Å². The van der Waals surface area contributed by atoms with Crippen LogP contribution in [0, 0.1) is 17.9 Å². The quantitative estimate of drug-likeness (QED) is 0.593. The largest absolute Gasteiger partial charge is 0.353 e. The van der Waals surface area contributed by atoms with Crippen molar-refractivity contribution in [2.45, 2.75) is 18.4 Å². The van der Waals surface area contributed by atoms with E-state index in [1.54, 1.807) is 6.20 Å². The van der Waals surface area contributed by atoms with Crippen LogP contribution >= 0.6 is 0 Å². The molecule has 2 aromatic rings. The molecule has 27 heavy (non-hydrogen) atoms. The molecular formula is C16H18N8O2S. The summed E-state index contributed by atoms with van der Waals surface area (Å²) in [4.78, 5) is 16.9. The minimum Gasteiger partial charge on any atom is -0.353 e. The summed E-state index contributed by atoms with van der Waals surface area (Å²) >= 11 is 0. The van der Waals surface area contributed by atoms with E-state index in [9.17, 15) is 8.42 Å². The molecule has 1 N–H and O–H groups in total. The van der Waals surface area contributed by atoms with Gasteiger partial charge in [0.05, 0.1) is 17.0 Å². The predicted octanol–water partition coefficient (Wildman–Crippen LogP) is 0.560. The monoisotopic (exact) mass is 386 g/mol. The highest BCUT2D eigenvalue weighted by molar-refractivity contribution is 7.86. The van der Waals surface area contributed by atoms with Gasteiger partial charge in [0.15, 0.2) is 0 Å². The van der Waals surface area contributed by atoms with Crippen LogP contribution < -0.4 is 4.90 Å². The van der Waals surface area contributed by atoms with Crippen molar-refractivity contribution in [2.75, 3.05) is 37.7 Å². The number of rotatable bonds is 5. The second-order valence-corrected chi connectivity index (χ2v) is 8.58. The summed E-state index contributed by atoms with van der Waals surface area (Å²) in [7, 11) is -3.87. The smallest absolute Gasteiger partial charge is 0.289 e. The fourth-order valence-electron chi connectivity index (χ4n) is 3.67. The summed E-state index contributed by atoms with van der Waals surface area (Å²) in [5.74, 6) is 0.791. The highest BCUT2D eigenvalue weighted by Crippen LogP contribution is 2.47. The average Bonchev–Trinajstić information content (AvgIpc) is 3.23. The Bertz CT molecular complexity index is 1030. The molecule has 0 atom stereocenters. The Hall–Kier alpha value is -2.73. The Morgan fingerprint density at radius 2 is 2.22 bits per heavy atom. The van der Waals surface area contributed by atoms with E-state index in [2.05, 4.69) is 24.7 Å². The van der Waals surface area contributed by atoms with Crippen LogP contribution in [-0.2, 0) is 10.2 Å². The molecule has 3 heterocycles. The molecule has 4 rings (SSSR count). The molecule has 10 nitrogen and oxygen atoms in total. The number of anilines is 1. The van der Waals surface area contributed by atoms with Crippen molar-refractivity contribution >= 4 is 27.1 Å². The number of fused-ring (bicyclic) bond motifs is 1. The first kappa shape index (κ1) is 17.7. The van der Waals surface area contributed by atoms with Crippen LogP contribution in [0.25, 0.3) is 15.9 Å². The van der Waals surface area contributed by atoms with Crippen LogP contribution in [0.2, 0.25) is 0 Å². The van der Waals surface area contributed by atoms with Gasteiger partial charge in [-0.1, -0.05) is 0 Å². The molecule has 1 saturated heterocycles. The van der Waals surface area contributed by atoms with Gasteiger partial charge in [-0.2, -0.15) is 18.0 Å². The number of nitrogens with zero attached hydrogens (tertiary/aromatic N) is 7. The highest BCUT2D eigenvalue weighted by Gasteiger charge is 2.57. The lowest BCUT2D eigenvalue weighted by Crippen LogP contribution is -2.60. The van der Waals surface area contributed by atoms with E-state index in [0.29, 0.717) is 13.1 Å². The van der Waals surface area contributed by atoms with Crippen molar-refractivity contribution in [1.82, 2.24) is 23.6 Å². The van der Waals surface area contributed by atoms with Gasteiger partial charge >= 0.3 is 0 Å². The van der Waals surface area contributed by atoms with Gasteiger partial charge in [0, 0.05) is 25.8 Å². The number of hydrogen-bond acceptors (Lipinski definition) is 6. The van der Waals surface area contributed by atoms with E-state index in [1.807, 2.05) is 12.1 Å². The summed E-state index contributed by atoms with van der Waals surface area (Å²) in [5.41, 5.74) is 0.248. The summed E-state index contributed by atoms with van der Waals surface area (Å²) in [6, 6.07) is 3.76. The Balaban J connectivity index is 1.62. The average molecular weight is 386 g/mol. The number of aromatic amines is 1. The topological polar surface area (TPSA) is 114 Å². The molecule has 0 aromatic carbocycles. The number of H-pyrrole nitrogens is 1. The fraction of sp³-hybridized carbons (Fsp3) is 0.500. The van der Waals surface area contributed by atoms with Crippen molar-refractivity contribution in [2.24, 2.45) is 0 Å². The first-order valence-electron chi connectivity index (χ1n) is 8.53. The molecule has 2 aromatic heterocycles. The number of nitrogens with one attached hydrogen (secondary N) is 1. The highest BCUT2D eigenvalue weighted by atomic mass is 32.2. The molecule has 1 spiro atoms. The van der Waals surface area contributed by atoms with Crippen LogP contribution in [0.4, 0.5) is 5.82 Å². The van der Waals surface area contributed by atoms with Crippen molar-refractivity contribution in [3.8, 4) is 6.07 Å². The summed E-state index contributed by atoms with van der Waals surface area (Å²) < 4.78 is 28.5. The van der Waals surface area contributed by atoms with Gasteiger partial charge < -0.3 is 9.88 Å². The van der Waals surface area contributed by atoms with Crippen molar-refractivity contribution in [3.05, 3.63) is 30.0 Å². The molecule has 0 amide bonds. The molecule has 0 radical (unpaired) electrons. The Morgan fingerprint density at radius 3 is 2.93 bits per heavy atom. The number of aromatic nitrogens is 3. The second kappa shape index (κ2) is 6.46. The van der Waals surface area contributed by atoms with Gasteiger partial charge in [0.1, 0.15) is 24.3 Å². The number of hydrogen-bond donors (Lipinski definition) is 1. The van der Waals surface area contributed by atoms with Crippen LogP contribution in [0.15, 0.2) is 18.6 Å². The zero-order valence-electron chi connectivity index (χ0n) is 14.5. The molecular weight excluding hydrogens is 368 g/mol. The first-order valence-corrected chi connectivity index (χ1v) is 9.93. The fourth-order valence-corrected chi connectivity index (χ4v) is 5.41. The van der Waals surface area contributed by atoms with Gasteiger partial charge in [0.2, 0.25) is 0 Å². The van der Waals surface area contributed by atoms with E-state index in [1.165, 1.54) is 10.6 Å². The SMILES string of the molecule is [C-]#[N+]CN(CC#N)S(=O)(=O)N1CCN(c2ncnc3[nH]ccc23)CC12CC2. The van der Waals surface area contributed by atoms with Crippen molar-refractivity contribution < 1.29 is 8.42 Å². The van der Waals surface area contributed by atoms with E-state index < -0.39 is 15.7 Å². The van der Waals surface area contributed by atoms with Crippen LogP contribution in [-0.4, -0.2) is 70.4 Å². The van der Waals surface area contributed by atoms with E-state index in [4.69, 9.17) is 11.8 Å². The molecule has 2 aliphatic rings. The lowest BCUT2D eigenvalue weighted by Gasteiger charge is -2.42. The van der Waals surface area contributed by atoms with Gasteiger partial charge in [-0.25, -0.2) is 16.5 Å². The Labute approximate surface area is 157 Å². The standard InChI is InChI=1S/C16H18N8O2S/c1-18-12-23(7-5-17)27(25,26)24-9-8-22(10-16(24)3-4-16)15-13-2-6-19-14(13)20-11-21-15/h2,6,11H,3-4,7-10,12H2,(H,19,20,21). The number of nitriles is 1. The zero-order chi connectivity index (χ0) is 19.1. The summed E-state index contributed by atoms with van der Waals surface area (Å²) in [6.07, 6.45) is 4.81. The third kappa shape index (κ3) is 2.90. The van der Waals surface area contributed by atoms with Crippen LogP contribution in [0.3, 0.4) is 0 Å². The van der Waals surface area contributed by atoms with E-state index in [0.717, 1.165) is 34.0 Å². The maximum absolute atomic E-state index is 13.0. The molecule has 11 heteroatoms. The van der Waals surface area contributed by atoms with Gasteiger partial charge in [-0.3, -0.25) is 4.85 Å². The normalized spacial score (nSPS) is 19.3. The second-order valence-electron chi connectivity index (χ2n) is 6.73. The summed E-state index contributed by atoms with van der Waals surface area (Å²) in [5, 5.41) is 9.84. The Kier molecular flexibility index (Phi) is 4.23. The zero-order valence-corrected chi connectivity index (χ0v) is 15.4. The van der Waals surface area contributed by atoms with Crippen molar-refractivity contribution in [1.29, 1.82) is 5.26 Å². The third-order valence-electron chi connectivity index (χ3n) is 5.13. The number of piperazine rings is 1. The van der Waals surface area contributed by atoms with Crippen molar-refractivity contribution in [3.63, 3.8) is 0 Å². The molecule has 2 fully saturated rings. The van der Waals surface area contributed by atoms with E-state index >= 15 is 0 Å². The maximum Gasteiger partial charge on any atom is 0.289 e.